The fourth-order valence-electron chi connectivity index (χ4n) is 3.98. The van der Waals surface area contributed by atoms with Gasteiger partial charge in [0.25, 0.3) is 5.91 Å². The molecular formula is C22H19Cl2N3O4S. The highest BCUT2D eigenvalue weighted by molar-refractivity contribution is 7.16. The predicted molar refractivity (Wildman–Crippen MR) is 123 cm³/mol. The third-order valence-corrected chi connectivity index (χ3v) is 7.46. The predicted octanol–water partition coefficient (Wildman–Crippen LogP) is 5.68. The Morgan fingerprint density at radius 3 is 2.94 bits per heavy atom. The summed E-state index contributed by atoms with van der Waals surface area (Å²) in [6.07, 6.45) is -0.247. The molecular weight excluding hydrogens is 473 g/mol. The average molecular weight is 492 g/mol. The first-order chi connectivity index (χ1) is 15.5. The van der Waals surface area contributed by atoms with Gasteiger partial charge >= 0.3 is 6.09 Å². The summed E-state index contributed by atoms with van der Waals surface area (Å²) in [7, 11) is 0. The van der Waals surface area contributed by atoms with Gasteiger partial charge in [0.05, 0.1) is 28.8 Å². The minimum atomic E-state index is -0.525. The zero-order valence-corrected chi connectivity index (χ0v) is 19.4. The van der Waals surface area contributed by atoms with Crippen LogP contribution in [0.3, 0.4) is 0 Å². The minimum Gasteiger partial charge on any atom is -0.457 e. The van der Waals surface area contributed by atoms with Crippen molar-refractivity contribution in [3.63, 3.8) is 0 Å². The van der Waals surface area contributed by atoms with E-state index < -0.39 is 6.17 Å². The van der Waals surface area contributed by atoms with E-state index >= 15 is 0 Å². The van der Waals surface area contributed by atoms with Crippen LogP contribution in [0, 0.1) is 0 Å². The molecule has 0 radical (unpaired) electrons. The second kappa shape index (κ2) is 8.35. The molecule has 0 saturated heterocycles. The number of ether oxygens (including phenoxy) is 1. The van der Waals surface area contributed by atoms with Crippen molar-refractivity contribution in [1.82, 2.24) is 10.2 Å². The van der Waals surface area contributed by atoms with Crippen LogP contribution < -0.4 is 10.6 Å². The molecule has 2 aromatic heterocycles. The van der Waals surface area contributed by atoms with E-state index in [9.17, 15) is 9.59 Å². The van der Waals surface area contributed by atoms with Crippen LogP contribution in [-0.4, -0.2) is 30.1 Å². The van der Waals surface area contributed by atoms with E-state index in [0.29, 0.717) is 58.8 Å². The first-order valence-electron chi connectivity index (χ1n) is 10.1. The Hall–Kier alpha value is -2.68. The fraction of sp³-hybridized carbons (Fsp3) is 0.273. The lowest BCUT2D eigenvalue weighted by atomic mass is 10.0. The number of furan rings is 1. The number of carbonyl (C=O) groups is 2. The number of hydrogen-bond donors (Lipinski definition) is 2. The summed E-state index contributed by atoms with van der Waals surface area (Å²) in [5.41, 5.74) is 2.31. The van der Waals surface area contributed by atoms with Crippen molar-refractivity contribution in [3.8, 4) is 11.3 Å². The fourth-order valence-corrected chi connectivity index (χ4v) is 5.66. The molecule has 2 amide bonds. The van der Waals surface area contributed by atoms with Gasteiger partial charge in [0.2, 0.25) is 0 Å². The molecule has 2 aliphatic heterocycles. The van der Waals surface area contributed by atoms with Gasteiger partial charge in [-0.3, -0.25) is 4.79 Å². The third-order valence-electron chi connectivity index (χ3n) is 5.49. The van der Waals surface area contributed by atoms with Gasteiger partial charge in [0, 0.05) is 17.0 Å². The second-order valence-corrected chi connectivity index (χ2v) is 9.32. The van der Waals surface area contributed by atoms with Crippen LogP contribution in [0.15, 0.2) is 34.7 Å². The smallest absolute Gasteiger partial charge is 0.410 e. The van der Waals surface area contributed by atoms with E-state index in [0.717, 1.165) is 15.4 Å². The van der Waals surface area contributed by atoms with Gasteiger partial charge in [-0.15, -0.1) is 11.3 Å². The summed E-state index contributed by atoms with van der Waals surface area (Å²) in [4.78, 5) is 27.7. The van der Waals surface area contributed by atoms with E-state index in [1.165, 1.54) is 11.3 Å². The quantitative estimate of drug-likeness (QED) is 0.491. The highest BCUT2D eigenvalue weighted by atomic mass is 35.5. The molecule has 0 saturated carbocycles. The van der Waals surface area contributed by atoms with Crippen LogP contribution in [0.25, 0.3) is 11.3 Å². The van der Waals surface area contributed by atoms with Crippen molar-refractivity contribution in [3.05, 3.63) is 62.1 Å². The Balaban J connectivity index is 1.39. The highest BCUT2D eigenvalue weighted by Crippen LogP contribution is 2.42. The Morgan fingerprint density at radius 2 is 2.12 bits per heavy atom. The Kier molecular flexibility index (Phi) is 5.53. The monoisotopic (exact) mass is 491 g/mol. The van der Waals surface area contributed by atoms with Gasteiger partial charge in [-0.05, 0) is 43.2 Å². The molecule has 7 nitrogen and oxygen atoms in total. The van der Waals surface area contributed by atoms with Crippen LogP contribution in [0.1, 0.15) is 39.6 Å². The topological polar surface area (TPSA) is 83.8 Å². The first kappa shape index (κ1) is 21.2. The summed E-state index contributed by atoms with van der Waals surface area (Å²) in [6, 6.07) is 8.93. The maximum absolute atomic E-state index is 13.0. The van der Waals surface area contributed by atoms with Crippen molar-refractivity contribution in [2.45, 2.75) is 26.1 Å². The zero-order chi connectivity index (χ0) is 22.4. The van der Waals surface area contributed by atoms with Crippen LogP contribution in [-0.2, 0) is 17.7 Å². The Labute approximate surface area is 198 Å². The van der Waals surface area contributed by atoms with Gasteiger partial charge < -0.3 is 24.7 Å². The lowest BCUT2D eigenvalue weighted by molar-refractivity contribution is 0.0929. The van der Waals surface area contributed by atoms with Gasteiger partial charge in [-0.2, -0.15) is 0 Å². The molecule has 10 heteroatoms. The van der Waals surface area contributed by atoms with Crippen molar-refractivity contribution < 1.29 is 18.7 Å². The maximum Gasteiger partial charge on any atom is 0.410 e. The molecule has 0 spiro atoms. The molecule has 0 fully saturated rings. The van der Waals surface area contributed by atoms with Crippen LogP contribution in [0.4, 0.5) is 9.80 Å². The molecule has 5 rings (SSSR count). The maximum atomic E-state index is 13.0. The van der Waals surface area contributed by atoms with Crippen molar-refractivity contribution in [2.24, 2.45) is 0 Å². The van der Waals surface area contributed by atoms with Crippen molar-refractivity contribution in [1.29, 1.82) is 0 Å². The number of hydrogen-bond acceptors (Lipinski definition) is 6. The molecule has 2 aliphatic rings. The van der Waals surface area contributed by atoms with Crippen molar-refractivity contribution >= 4 is 51.5 Å². The number of carbonyl (C=O) groups excluding carboxylic acids is 2. The molecule has 1 unspecified atom stereocenters. The van der Waals surface area contributed by atoms with Gasteiger partial charge in [-0.25, -0.2) is 4.79 Å². The number of anilines is 1. The van der Waals surface area contributed by atoms with Gasteiger partial charge in [0.1, 0.15) is 16.5 Å². The van der Waals surface area contributed by atoms with Crippen LogP contribution in [0.5, 0.6) is 0 Å². The zero-order valence-electron chi connectivity index (χ0n) is 17.0. The van der Waals surface area contributed by atoms with E-state index in [2.05, 4.69) is 10.6 Å². The first-order valence-corrected chi connectivity index (χ1v) is 11.7. The number of thiophene rings is 1. The summed E-state index contributed by atoms with van der Waals surface area (Å²) >= 11 is 13.9. The standard InChI is InChI=1S/C22H19Cl2N3O4S/c1-2-30-22(29)27-9-8-12-16(10-27)32-21-17(12)20(28)25-19(26-21)15-7-6-14(31-15)11-4-3-5-13(23)18(11)24/h3-7,19,26H,2,8-10H2,1H3,(H,25,28). The molecule has 3 aromatic rings. The van der Waals surface area contributed by atoms with E-state index in [1.54, 1.807) is 36.1 Å². The van der Waals surface area contributed by atoms with Gasteiger partial charge in [0.15, 0.2) is 6.17 Å². The molecule has 1 aromatic carbocycles. The molecule has 2 N–H and O–H groups in total. The number of halogens is 2. The third kappa shape index (κ3) is 3.62. The summed E-state index contributed by atoms with van der Waals surface area (Å²) in [5.74, 6) is 0.948. The number of benzene rings is 1. The molecule has 32 heavy (non-hydrogen) atoms. The van der Waals surface area contributed by atoms with Crippen LogP contribution in [0.2, 0.25) is 10.0 Å². The Bertz CT molecular complexity index is 1220. The van der Waals surface area contributed by atoms with E-state index in [4.69, 9.17) is 32.4 Å². The lowest BCUT2D eigenvalue weighted by Gasteiger charge is -2.27. The number of nitrogens with zero attached hydrogens (tertiary/aromatic N) is 1. The highest BCUT2D eigenvalue weighted by Gasteiger charge is 2.35. The van der Waals surface area contributed by atoms with Gasteiger partial charge in [-0.1, -0.05) is 29.3 Å². The van der Waals surface area contributed by atoms with E-state index in [1.807, 2.05) is 6.07 Å². The molecule has 0 aliphatic carbocycles. The number of amides is 2. The molecule has 166 valence electrons. The summed E-state index contributed by atoms with van der Waals surface area (Å²) in [5, 5.41) is 7.95. The molecule has 1 atom stereocenters. The van der Waals surface area contributed by atoms with Crippen LogP contribution >= 0.6 is 34.5 Å². The second-order valence-electron chi connectivity index (χ2n) is 7.43. The largest absolute Gasteiger partial charge is 0.457 e. The molecule has 4 heterocycles. The number of nitrogens with one attached hydrogen (secondary N) is 2. The lowest BCUT2D eigenvalue weighted by Crippen LogP contribution is -2.39. The number of rotatable bonds is 3. The number of fused-ring (bicyclic) bond motifs is 3. The molecule has 0 bridgehead atoms. The van der Waals surface area contributed by atoms with Crippen molar-refractivity contribution in [2.75, 3.05) is 18.5 Å². The minimum absolute atomic E-state index is 0.162. The van der Waals surface area contributed by atoms with E-state index in [-0.39, 0.29) is 12.0 Å². The normalized spacial score (nSPS) is 17.3. The Morgan fingerprint density at radius 1 is 1.28 bits per heavy atom. The summed E-state index contributed by atoms with van der Waals surface area (Å²) in [6.45, 7) is 3.07. The summed E-state index contributed by atoms with van der Waals surface area (Å²) < 4.78 is 11.1. The average Bonchev–Trinajstić information content (AvgIpc) is 3.40. The SMILES string of the molecule is CCOC(=O)N1CCc2c(sc3c2C(=O)NC(c2ccc(-c4cccc(Cl)c4Cl)o2)N3)C1.